The molecule has 140 valence electrons. The molecule has 0 unspecified atom stereocenters. The van der Waals surface area contributed by atoms with Crippen LogP contribution < -0.4 is 15.4 Å². The summed E-state index contributed by atoms with van der Waals surface area (Å²) in [7, 11) is -1.36. The third-order valence-electron chi connectivity index (χ3n) is 3.08. The quantitative estimate of drug-likeness (QED) is 0.215. The number of guanidine groups is 1. The Balaban J connectivity index is 0.00000529. The molecule has 1 aromatic heterocycles. The standard InChI is InChI=1S/C13H23Cl2N5O2S.HI/c1-4-16-13(17-6-7-19-23(21,22)5-2)18-9-10-8-11(14)12(15)20(10)3;/h8,19H,4-7,9H2,1-3H3,(H2,16,17,18);1H. The Kier molecular flexibility index (Phi) is 11.3. The number of nitrogens with zero attached hydrogens (tertiary/aromatic N) is 2. The minimum atomic E-state index is -3.18. The number of aromatic nitrogens is 1. The smallest absolute Gasteiger partial charge is 0.211 e. The van der Waals surface area contributed by atoms with E-state index >= 15 is 0 Å². The zero-order chi connectivity index (χ0) is 17.5. The van der Waals surface area contributed by atoms with Gasteiger partial charge in [-0.3, -0.25) is 0 Å². The van der Waals surface area contributed by atoms with Gasteiger partial charge in [-0.15, -0.1) is 24.0 Å². The average Bonchev–Trinajstić information content (AvgIpc) is 2.76. The Labute approximate surface area is 170 Å². The first-order valence-corrected chi connectivity index (χ1v) is 9.70. The largest absolute Gasteiger partial charge is 0.357 e. The lowest BCUT2D eigenvalue weighted by Crippen LogP contribution is -2.41. The van der Waals surface area contributed by atoms with Crippen LogP contribution in [0.3, 0.4) is 0 Å². The molecule has 7 nitrogen and oxygen atoms in total. The molecule has 0 amide bonds. The topological polar surface area (TPSA) is 87.5 Å². The monoisotopic (exact) mass is 511 g/mol. The van der Waals surface area contributed by atoms with E-state index in [1.54, 1.807) is 17.6 Å². The van der Waals surface area contributed by atoms with Gasteiger partial charge in [-0.05, 0) is 19.9 Å². The molecule has 0 aliphatic carbocycles. The van der Waals surface area contributed by atoms with E-state index < -0.39 is 10.0 Å². The molecule has 24 heavy (non-hydrogen) atoms. The van der Waals surface area contributed by atoms with Crippen LogP contribution in [-0.4, -0.2) is 44.3 Å². The minimum absolute atomic E-state index is 0. The van der Waals surface area contributed by atoms with E-state index in [0.717, 1.165) is 5.69 Å². The van der Waals surface area contributed by atoms with Gasteiger partial charge < -0.3 is 15.2 Å². The normalized spacial score (nSPS) is 12.0. The Morgan fingerprint density at radius 1 is 1.25 bits per heavy atom. The van der Waals surface area contributed by atoms with Gasteiger partial charge in [-0.2, -0.15) is 0 Å². The Morgan fingerprint density at radius 3 is 2.42 bits per heavy atom. The molecule has 0 fully saturated rings. The summed E-state index contributed by atoms with van der Waals surface area (Å²) in [6, 6.07) is 1.77. The zero-order valence-electron chi connectivity index (χ0n) is 13.9. The van der Waals surface area contributed by atoms with Crippen LogP contribution in [0.5, 0.6) is 0 Å². The van der Waals surface area contributed by atoms with Crippen LogP contribution in [0.1, 0.15) is 19.5 Å². The Hall–Kier alpha value is -0.230. The van der Waals surface area contributed by atoms with Gasteiger partial charge in [-0.25, -0.2) is 18.1 Å². The molecule has 0 saturated heterocycles. The number of hydrogen-bond donors (Lipinski definition) is 3. The minimum Gasteiger partial charge on any atom is -0.357 e. The molecule has 11 heteroatoms. The highest BCUT2D eigenvalue weighted by atomic mass is 127. The van der Waals surface area contributed by atoms with E-state index in [2.05, 4.69) is 20.3 Å². The second-order valence-corrected chi connectivity index (χ2v) is 7.61. The fourth-order valence-corrected chi connectivity index (χ4v) is 2.76. The first kappa shape index (κ1) is 23.8. The van der Waals surface area contributed by atoms with Gasteiger partial charge in [0.15, 0.2) is 5.96 Å². The van der Waals surface area contributed by atoms with Crippen LogP contribution >= 0.6 is 47.2 Å². The summed E-state index contributed by atoms with van der Waals surface area (Å²) in [5, 5.41) is 7.12. The molecule has 3 N–H and O–H groups in total. The van der Waals surface area contributed by atoms with E-state index in [1.807, 2.05) is 14.0 Å². The zero-order valence-corrected chi connectivity index (χ0v) is 18.6. The second kappa shape index (κ2) is 11.4. The van der Waals surface area contributed by atoms with Crippen molar-refractivity contribution in [3.8, 4) is 0 Å². The van der Waals surface area contributed by atoms with Crippen molar-refractivity contribution in [1.82, 2.24) is 19.9 Å². The molecule has 0 aliphatic rings. The predicted octanol–water partition coefficient (Wildman–Crippen LogP) is 1.94. The molecular weight excluding hydrogens is 488 g/mol. The van der Waals surface area contributed by atoms with Crippen LogP contribution in [0.25, 0.3) is 0 Å². The molecule has 0 saturated carbocycles. The number of sulfonamides is 1. The van der Waals surface area contributed by atoms with E-state index in [1.165, 1.54) is 0 Å². The molecule has 0 spiro atoms. The summed E-state index contributed by atoms with van der Waals surface area (Å²) >= 11 is 12.0. The summed E-state index contributed by atoms with van der Waals surface area (Å²) in [6.07, 6.45) is 0. The highest BCUT2D eigenvalue weighted by Crippen LogP contribution is 2.25. The Morgan fingerprint density at radius 2 is 1.92 bits per heavy atom. The third kappa shape index (κ3) is 7.77. The van der Waals surface area contributed by atoms with Gasteiger partial charge in [-0.1, -0.05) is 23.2 Å². The van der Waals surface area contributed by atoms with Crippen molar-refractivity contribution in [2.45, 2.75) is 20.4 Å². The van der Waals surface area contributed by atoms with E-state index in [9.17, 15) is 8.42 Å². The van der Waals surface area contributed by atoms with Crippen LogP contribution in [0.4, 0.5) is 0 Å². The lowest BCUT2D eigenvalue weighted by molar-refractivity contribution is 0.582. The van der Waals surface area contributed by atoms with Crippen molar-refractivity contribution in [1.29, 1.82) is 0 Å². The molecular formula is C13H24Cl2IN5O2S. The summed E-state index contributed by atoms with van der Waals surface area (Å²) in [5.74, 6) is 0.660. The first-order chi connectivity index (χ1) is 10.8. The highest BCUT2D eigenvalue weighted by Gasteiger charge is 2.09. The fourth-order valence-electron chi connectivity index (χ4n) is 1.73. The van der Waals surface area contributed by atoms with E-state index in [4.69, 9.17) is 23.2 Å². The van der Waals surface area contributed by atoms with Crippen LogP contribution in [-0.2, 0) is 23.6 Å². The highest BCUT2D eigenvalue weighted by molar-refractivity contribution is 14.0. The fraction of sp³-hybridized carbons (Fsp3) is 0.615. The van der Waals surface area contributed by atoms with Gasteiger partial charge in [0, 0.05) is 32.4 Å². The van der Waals surface area contributed by atoms with Crippen LogP contribution in [0.2, 0.25) is 10.2 Å². The van der Waals surface area contributed by atoms with Crippen molar-refractivity contribution in [3.05, 3.63) is 21.9 Å². The van der Waals surface area contributed by atoms with Gasteiger partial charge in [0.2, 0.25) is 10.0 Å². The van der Waals surface area contributed by atoms with Crippen LogP contribution in [0.15, 0.2) is 11.1 Å². The van der Waals surface area contributed by atoms with E-state index in [0.29, 0.717) is 42.3 Å². The van der Waals surface area contributed by atoms with Crippen molar-refractivity contribution >= 4 is 63.2 Å². The molecule has 0 atom stereocenters. The van der Waals surface area contributed by atoms with E-state index in [-0.39, 0.29) is 29.7 Å². The molecule has 0 aliphatic heterocycles. The molecule has 1 rings (SSSR count). The average molecular weight is 512 g/mol. The Bertz CT molecular complexity index is 649. The maximum absolute atomic E-state index is 11.3. The van der Waals surface area contributed by atoms with Gasteiger partial charge in [0.05, 0.1) is 17.3 Å². The molecule has 0 radical (unpaired) electrons. The number of nitrogens with one attached hydrogen (secondary N) is 3. The maximum Gasteiger partial charge on any atom is 0.211 e. The summed E-state index contributed by atoms with van der Waals surface area (Å²) in [6.45, 7) is 5.37. The molecule has 1 aromatic rings. The molecule has 0 aromatic carbocycles. The SMILES string of the molecule is CCNC(=NCc1cc(Cl)c(Cl)n1C)NCCNS(=O)(=O)CC.I. The third-order valence-corrected chi connectivity index (χ3v) is 5.32. The number of rotatable bonds is 8. The van der Waals surface area contributed by atoms with Gasteiger partial charge in [0.1, 0.15) is 5.15 Å². The maximum atomic E-state index is 11.3. The van der Waals surface area contributed by atoms with Gasteiger partial charge in [0.25, 0.3) is 0 Å². The lowest BCUT2D eigenvalue weighted by atomic mass is 10.4. The number of hydrogen-bond acceptors (Lipinski definition) is 3. The number of aliphatic imine (C=N–C) groups is 1. The summed E-state index contributed by atoms with van der Waals surface area (Å²) in [5.41, 5.74) is 0.879. The molecule has 1 heterocycles. The van der Waals surface area contributed by atoms with Crippen molar-refractivity contribution in [3.63, 3.8) is 0 Å². The summed E-state index contributed by atoms with van der Waals surface area (Å²) in [4.78, 5) is 4.43. The first-order valence-electron chi connectivity index (χ1n) is 7.29. The number of halogens is 3. The van der Waals surface area contributed by atoms with Crippen molar-refractivity contribution < 1.29 is 8.42 Å². The van der Waals surface area contributed by atoms with Crippen molar-refractivity contribution in [2.75, 3.05) is 25.4 Å². The van der Waals surface area contributed by atoms with Crippen molar-refractivity contribution in [2.24, 2.45) is 12.0 Å². The van der Waals surface area contributed by atoms with Crippen LogP contribution in [0, 0.1) is 0 Å². The molecule has 0 bridgehead atoms. The second-order valence-electron chi connectivity index (χ2n) is 4.75. The van der Waals surface area contributed by atoms with Gasteiger partial charge >= 0.3 is 0 Å². The lowest BCUT2D eigenvalue weighted by Gasteiger charge is -2.12. The summed E-state index contributed by atoms with van der Waals surface area (Å²) < 4.78 is 26.9. The predicted molar refractivity (Wildman–Crippen MR) is 111 cm³/mol.